The van der Waals surface area contributed by atoms with E-state index in [0.717, 1.165) is 28.1 Å². The third-order valence-electron chi connectivity index (χ3n) is 4.59. The first-order valence-corrected chi connectivity index (χ1v) is 9.02. The summed E-state index contributed by atoms with van der Waals surface area (Å²) in [6, 6.07) is 7.66. The molecule has 4 rings (SSSR count). The molecule has 0 aliphatic carbocycles. The van der Waals surface area contributed by atoms with Crippen molar-refractivity contribution >= 4 is 34.9 Å². The summed E-state index contributed by atoms with van der Waals surface area (Å²) in [6.07, 6.45) is 3.34. The average molecular weight is 397 g/mol. The van der Waals surface area contributed by atoms with E-state index >= 15 is 0 Å². The number of amides is 1. The van der Waals surface area contributed by atoms with E-state index in [4.69, 9.17) is 11.6 Å². The lowest BCUT2D eigenvalue weighted by Gasteiger charge is -2.12. The molecule has 0 saturated heterocycles. The topological polar surface area (TPSA) is 93.0 Å². The van der Waals surface area contributed by atoms with Crippen LogP contribution in [0, 0.1) is 0 Å². The van der Waals surface area contributed by atoms with Crippen molar-refractivity contribution in [1.82, 2.24) is 24.6 Å². The van der Waals surface area contributed by atoms with Crippen LogP contribution in [0.5, 0.6) is 0 Å². The predicted molar refractivity (Wildman–Crippen MR) is 104 cm³/mol. The minimum Gasteiger partial charge on any atom is -0.340 e. The van der Waals surface area contributed by atoms with Crippen molar-refractivity contribution < 1.29 is 9.59 Å². The van der Waals surface area contributed by atoms with Gasteiger partial charge < -0.3 is 10.2 Å². The van der Waals surface area contributed by atoms with Crippen LogP contribution in [0.2, 0.25) is 5.28 Å². The van der Waals surface area contributed by atoms with Crippen molar-refractivity contribution in [3.63, 3.8) is 0 Å². The predicted octanol–water partition coefficient (Wildman–Crippen LogP) is 3.26. The van der Waals surface area contributed by atoms with Gasteiger partial charge in [0.15, 0.2) is 0 Å². The van der Waals surface area contributed by atoms with Crippen LogP contribution in [-0.2, 0) is 17.9 Å². The van der Waals surface area contributed by atoms with Crippen LogP contribution in [0.15, 0.2) is 36.7 Å². The Morgan fingerprint density at radius 1 is 1.04 bits per heavy atom. The SMILES string of the molecule is CC(=O)N1Cc2nc(Cl)nc(Nc3ccc(-c4cnn(C(C)=O)c4)cc3)c2C1. The van der Waals surface area contributed by atoms with Crippen molar-refractivity contribution in [3.8, 4) is 11.1 Å². The zero-order valence-electron chi connectivity index (χ0n) is 15.3. The number of carbonyl (C=O) groups is 2. The van der Waals surface area contributed by atoms with E-state index in [1.165, 1.54) is 18.5 Å². The lowest BCUT2D eigenvalue weighted by atomic mass is 10.1. The van der Waals surface area contributed by atoms with Gasteiger partial charge >= 0.3 is 0 Å². The molecule has 0 radical (unpaired) electrons. The fourth-order valence-electron chi connectivity index (χ4n) is 3.08. The van der Waals surface area contributed by atoms with Gasteiger partial charge in [0.25, 0.3) is 0 Å². The van der Waals surface area contributed by atoms with Gasteiger partial charge in [0.05, 0.1) is 25.0 Å². The number of hydrogen-bond donors (Lipinski definition) is 1. The summed E-state index contributed by atoms with van der Waals surface area (Å²) in [7, 11) is 0. The summed E-state index contributed by atoms with van der Waals surface area (Å²) in [5, 5.41) is 7.44. The normalized spacial score (nSPS) is 12.8. The number of aromatic nitrogens is 4. The quantitative estimate of drug-likeness (QED) is 0.683. The molecular weight excluding hydrogens is 380 g/mol. The Morgan fingerprint density at radius 2 is 1.79 bits per heavy atom. The average Bonchev–Trinajstić information content (AvgIpc) is 3.29. The molecule has 0 unspecified atom stereocenters. The largest absolute Gasteiger partial charge is 0.340 e. The molecule has 0 bridgehead atoms. The molecule has 1 N–H and O–H groups in total. The first kappa shape index (κ1) is 18.1. The van der Waals surface area contributed by atoms with Gasteiger partial charge in [-0.2, -0.15) is 5.10 Å². The van der Waals surface area contributed by atoms with Gasteiger partial charge in [-0.15, -0.1) is 0 Å². The van der Waals surface area contributed by atoms with E-state index in [1.54, 1.807) is 17.3 Å². The highest BCUT2D eigenvalue weighted by atomic mass is 35.5. The number of anilines is 2. The number of nitrogens with one attached hydrogen (secondary N) is 1. The van der Waals surface area contributed by atoms with Gasteiger partial charge in [0, 0.05) is 36.9 Å². The zero-order chi connectivity index (χ0) is 19.8. The summed E-state index contributed by atoms with van der Waals surface area (Å²) in [5.74, 6) is 0.435. The van der Waals surface area contributed by atoms with Crippen LogP contribution in [0.25, 0.3) is 11.1 Å². The van der Waals surface area contributed by atoms with E-state index < -0.39 is 0 Å². The molecule has 0 saturated carbocycles. The molecular formula is C19H17ClN6O2. The van der Waals surface area contributed by atoms with Crippen LogP contribution >= 0.6 is 11.6 Å². The second-order valence-electron chi connectivity index (χ2n) is 6.54. The summed E-state index contributed by atoms with van der Waals surface area (Å²) in [4.78, 5) is 33.3. The smallest absolute Gasteiger partial charge is 0.243 e. The van der Waals surface area contributed by atoms with Gasteiger partial charge in [0.1, 0.15) is 5.82 Å². The molecule has 1 aromatic carbocycles. The van der Waals surface area contributed by atoms with Gasteiger partial charge in [0.2, 0.25) is 17.1 Å². The summed E-state index contributed by atoms with van der Waals surface area (Å²) >= 11 is 6.05. The highest BCUT2D eigenvalue weighted by molar-refractivity contribution is 6.28. The summed E-state index contributed by atoms with van der Waals surface area (Å²) < 4.78 is 1.30. The molecule has 9 heteroatoms. The highest BCUT2D eigenvalue weighted by Gasteiger charge is 2.26. The van der Waals surface area contributed by atoms with Gasteiger partial charge in [-0.05, 0) is 29.3 Å². The number of benzene rings is 1. The summed E-state index contributed by atoms with van der Waals surface area (Å²) in [6.45, 7) is 3.87. The lowest BCUT2D eigenvalue weighted by Crippen LogP contribution is -2.21. The first-order chi connectivity index (χ1) is 13.4. The molecule has 3 heterocycles. The van der Waals surface area contributed by atoms with E-state index in [2.05, 4.69) is 20.4 Å². The molecule has 1 amide bonds. The van der Waals surface area contributed by atoms with Crippen molar-refractivity contribution in [2.75, 3.05) is 5.32 Å². The Bertz CT molecular complexity index is 1080. The van der Waals surface area contributed by atoms with Crippen LogP contribution in [0.4, 0.5) is 11.5 Å². The Hall–Kier alpha value is -3.26. The molecule has 28 heavy (non-hydrogen) atoms. The third-order valence-corrected chi connectivity index (χ3v) is 4.76. The van der Waals surface area contributed by atoms with Crippen LogP contribution in [0.1, 0.15) is 29.9 Å². The number of hydrogen-bond acceptors (Lipinski definition) is 6. The molecule has 3 aromatic rings. The summed E-state index contributed by atoms with van der Waals surface area (Å²) in [5.41, 5.74) is 4.23. The second kappa shape index (κ2) is 7.05. The number of carbonyl (C=O) groups excluding carboxylic acids is 2. The van der Waals surface area contributed by atoms with Crippen LogP contribution in [-0.4, -0.2) is 36.5 Å². The Kier molecular flexibility index (Phi) is 4.56. The second-order valence-corrected chi connectivity index (χ2v) is 6.87. The maximum Gasteiger partial charge on any atom is 0.243 e. The molecule has 1 aliphatic heterocycles. The van der Waals surface area contributed by atoms with Crippen molar-refractivity contribution in [3.05, 3.63) is 53.2 Å². The van der Waals surface area contributed by atoms with E-state index in [0.29, 0.717) is 18.9 Å². The maximum absolute atomic E-state index is 11.7. The van der Waals surface area contributed by atoms with Crippen molar-refractivity contribution in [1.29, 1.82) is 0 Å². The number of fused-ring (bicyclic) bond motifs is 1. The van der Waals surface area contributed by atoms with Gasteiger partial charge in [-0.1, -0.05) is 12.1 Å². The minimum atomic E-state index is -0.140. The minimum absolute atomic E-state index is 0.0180. The van der Waals surface area contributed by atoms with Gasteiger partial charge in [-0.3, -0.25) is 9.59 Å². The fourth-order valence-corrected chi connectivity index (χ4v) is 3.26. The maximum atomic E-state index is 11.7. The third kappa shape index (κ3) is 3.46. The standard InChI is InChI=1S/C19H17ClN6O2/c1-11(27)25-9-16-17(10-25)23-19(20)24-18(16)22-15-5-3-13(4-6-15)14-7-21-26(8-14)12(2)28/h3-8H,9-10H2,1-2H3,(H,22,23,24). The molecule has 1 aliphatic rings. The van der Waals surface area contributed by atoms with Crippen LogP contribution < -0.4 is 5.32 Å². The van der Waals surface area contributed by atoms with Crippen molar-refractivity contribution in [2.45, 2.75) is 26.9 Å². The molecule has 0 atom stereocenters. The molecule has 0 spiro atoms. The van der Waals surface area contributed by atoms with Crippen molar-refractivity contribution in [2.24, 2.45) is 0 Å². The molecule has 0 fully saturated rings. The number of halogens is 1. The number of rotatable bonds is 3. The Balaban J connectivity index is 1.57. The zero-order valence-corrected chi connectivity index (χ0v) is 16.1. The lowest BCUT2D eigenvalue weighted by molar-refractivity contribution is -0.129. The monoisotopic (exact) mass is 396 g/mol. The Labute approximate surface area is 166 Å². The molecule has 2 aromatic heterocycles. The first-order valence-electron chi connectivity index (χ1n) is 8.64. The molecule has 8 nitrogen and oxygen atoms in total. The molecule has 142 valence electrons. The van der Waals surface area contributed by atoms with E-state index in [-0.39, 0.29) is 17.1 Å². The van der Waals surface area contributed by atoms with E-state index in [1.807, 2.05) is 24.3 Å². The Morgan fingerprint density at radius 3 is 2.43 bits per heavy atom. The van der Waals surface area contributed by atoms with Gasteiger partial charge in [-0.25, -0.2) is 14.6 Å². The van der Waals surface area contributed by atoms with E-state index in [9.17, 15) is 9.59 Å². The van der Waals surface area contributed by atoms with Crippen LogP contribution in [0.3, 0.4) is 0 Å². The number of nitrogens with zero attached hydrogens (tertiary/aromatic N) is 5. The fraction of sp³-hybridized carbons (Fsp3) is 0.211. The highest BCUT2D eigenvalue weighted by Crippen LogP contribution is 2.30.